The van der Waals surface area contributed by atoms with Gasteiger partial charge in [-0.15, -0.1) is 0 Å². The summed E-state index contributed by atoms with van der Waals surface area (Å²) in [7, 11) is 2.54. The van der Waals surface area contributed by atoms with Crippen molar-refractivity contribution in [1.29, 1.82) is 0 Å². The fraction of sp³-hybridized carbons (Fsp3) is 1.00. The minimum atomic E-state index is 0.980. The average Bonchev–Trinajstić information content (AvgIpc) is 2.03. The summed E-state index contributed by atoms with van der Waals surface area (Å²) in [5, 5.41) is 0. The molecule has 1 radical (unpaired) electrons. The average molecular weight is 137 g/mol. The summed E-state index contributed by atoms with van der Waals surface area (Å²) < 4.78 is 0. The molecule has 0 N–H and O–H groups in total. The SMILES string of the molecule is CCCCC1[B]CCCC1. The first-order valence-corrected chi connectivity index (χ1v) is 4.77. The maximum atomic E-state index is 2.54. The molecular formula is C9H18B. The molecule has 0 aromatic rings. The minimum Gasteiger partial charge on any atom is -0.0800 e. The largest absolute Gasteiger partial charge is 0.113 e. The molecule has 1 heterocycles. The van der Waals surface area contributed by atoms with Crippen LogP contribution in [0, 0.1) is 0 Å². The van der Waals surface area contributed by atoms with Crippen LogP contribution in [0.5, 0.6) is 0 Å². The van der Waals surface area contributed by atoms with Gasteiger partial charge in [-0.3, -0.25) is 0 Å². The van der Waals surface area contributed by atoms with Gasteiger partial charge in [0.25, 0.3) is 0 Å². The Hall–Kier alpha value is 0.0649. The van der Waals surface area contributed by atoms with Crippen molar-refractivity contribution in [3.05, 3.63) is 0 Å². The predicted molar refractivity (Wildman–Crippen MR) is 47.7 cm³/mol. The van der Waals surface area contributed by atoms with E-state index in [1.807, 2.05) is 0 Å². The third-order valence-electron chi connectivity index (χ3n) is 2.46. The Labute approximate surface area is 65.6 Å². The van der Waals surface area contributed by atoms with E-state index >= 15 is 0 Å². The molecule has 0 bridgehead atoms. The third kappa shape index (κ3) is 2.77. The molecule has 0 saturated carbocycles. The lowest BCUT2D eigenvalue weighted by molar-refractivity contribution is 0.572. The first-order valence-electron chi connectivity index (χ1n) is 4.77. The molecular weight excluding hydrogens is 119 g/mol. The molecule has 1 unspecified atom stereocenters. The zero-order valence-corrected chi connectivity index (χ0v) is 7.10. The van der Waals surface area contributed by atoms with Crippen molar-refractivity contribution < 1.29 is 0 Å². The van der Waals surface area contributed by atoms with Gasteiger partial charge in [-0.1, -0.05) is 57.6 Å². The van der Waals surface area contributed by atoms with Crippen molar-refractivity contribution >= 4 is 7.28 Å². The summed E-state index contributed by atoms with van der Waals surface area (Å²) in [6, 6.07) is 0. The monoisotopic (exact) mass is 137 g/mol. The predicted octanol–water partition coefficient (Wildman–Crippen LogP) is 3.27. The van der Waals surface area contributed by atoms with E-state index in [1.165, 1.54) is 44.8 Å². The summed E-state index contributed by atoms with van der Waals surface area (Å²) in [4.78, 5) is 0. The molecule has 1 rings (SSSR count). The van der Waals surface area contributed by atoms with E-state index in [2.05, 4.69) is 14.2 Å². The Bertz CT molecular complexity index is 74.8. The Kier molecular flexibility index (Phi) is 3.93. The van der Waals surface area contributed by atoms with Gasteiger partial charge in [0.1, 0.15) is 7.28 Å². The fourth-order valence-electron chi connectivity index (χ4n) is 1.75. The van der Waals surface area contributed by atoms with Gasteiger partial charge in [0.15, 0.2) is 0 Å². The lowest BCUT2D eigenvalue weighted by Gasteiger charge is -2.19. The van der Waals surface area contributed by atoms with Crippen LogP contribution in [0.4, 0.5) is 0 Å². The van der Waals surface area contributed by atoms with Gasteiger partial charge in [0.2, 0.25) is 0 Å². The van der Waals surface area contributed by atoms with Gasteiger partial charge in [-0.05, 0) is 0 Å². The molecule has 1 aliphatic heterocycles. The lowest BCUT2D eigenvalue weighted by atomic mass is 9.54. The zero-order valence-electron chi connectivity index (χ0n) is 7.10. The standard InChI is InChI=1S/C9H18B/c1-2-3-6-9-7-4-5-8-10-9/h9H,2-8H2,1H3. The summed E-state index contributed by atoms with van der Waals surface area (Å²) in [6.07, 6.45) is 10.0. The third-order valence-corrected chi connectivity index (χ3v) is 2.46. The summed E-state index contributed by atoms with van der Waals surface area (Å²) >= 11 is 0. The maximum absolute atomic E-state index is 2.54. The van der Waals surface area contributed by atoms with Crippen LogP contribution in [0.2, 0.25) is 12.1 Å². The second-order valence-corrected chi connectivity index (χ2v) is 3.42. The summed E-state index contributed by atoms with van der Waals surface area (Å²) in [6.45, 7) is 2.28. The van der Waals surface area contributed by atoms with E-state index in [-0.39, 0.29) is 0 Å². The highest BCUT2D eigenvalue weighted by atomic mass is 14.1. The second kappa shape index (κ2) is 4.82. The number of hydrogen-bond donors (Lipinski definition) is 0. The van der Waals surface area contributed by atoms with Crippen molar-refractivity contribution in [2.75, 3.05) is 0 Å². The summed E-state index contributed by atoms with van der Waals surface area (Å²) in [5.74, 6) is 0.980. The maximum Gasteiger partial charge on any atom is 0.113 e. The van der Waals surface area contributed by atoms with Crippen molar-refractivity contribution in [2.24, 2.45) is 0 Å². The smallest absolute Gasteiger partial charge is 0.0800 e. The fourth-order valence-corrected chi connectivity index (χ4v) is 1.75. The molecule has 0 amide bonds. The molecule has 10 heavy (non-hydrogen) atoms. The highest BCUT2D eigenvalue weighted by Crippen LogP contribution is 2.27. The Morgan fingerprint density at radius 1 is 1.40 bits per heavy atom. The number of unbranched alkanes of at least 4 members (excludes halogenated alkanes) is 1. The molecule has 0 aliphatic carbocycles. The van der Waals surface area contributed by atoms with Gasteiger partial charge in [-0.2, -0.15) is 0 Å². The summed E-state index contributed by atoms with van der Waals surface area (Å²) in [5.41, 5.74) is 0. The normalized spacial score (nSPS) is 25.9. The number of rotatable bonds is 3. The molecule has 1 aliphatic rings. The quantitative estimate of drug-likeness (QED) is 0.523. The first kappa shape index (κ1) is 8.16. The van der Waals surface area contributed by atoms with E-state index in [9.17, 15) is 0 Å². The Morgan fingerprint density at radius 3 is 2.90 bits per heavy atom. The van der Waals surface area contributed by atoms with Crippen LogP contribution in [-0.4, -0.2) is 7.28 Å². The molecule has 1 heteroatoms. The van der Waals surface area contributed by atoms with Crippen LogP contribution in [0.25, 0.3) is 0 Å². The van der Waals surface area contributed by atoms with Crippen LogP contribution in [0.3, 0.4) is 0 Å². The molecule has 0 spiro atoms. The molecule has 0 aromatic carbocycles. The Morgan fingerprint density at radius 2 is 2.30 bits per heavy atom. The Balaban J connectivity index is 2.02. The molecule has 0 nitrogen and oxygen atoms in total. The van der Waals surface area contributed by atoms with Gasteiger partial charge in [0, 0.05) is 0 Å². The van der Waals surface area contributed by atoms with Crippen LogP contribution in [0.15, 0.2) is 0 Å². The van der Waals surface area contributed by atoms with Gasteiger partial charge in [0.05, 0.1) is 0 Å². The van der Waals surface area contributed by atoms with Crippen molar-refractivity contribution in [3.8, 4) is 0 Å². The van der Waals surface area contributed by atoms with E-state index in [0.717, 1.165) is 5.82 Å². The van der Waals surface area contributed by atoms with E-state index in [4.69, 9.17) is 0 Å². The molecule has 1 saturated heterocycles. The van der Waals surface area contributed by atoms with Gasteiger partial charge < -0.3 is 0 Å². The molecule has 57 valence electrons. The van der Waals surface area contributed by atoms with Crippen molar-refractivity contribution in [1.82, 2.24) is 0 Å². The topological polar surface area (TPSA) is 0 Å². The molecule has 1 fully saturated rings. The highest BCUT2D eigenvalue weighted by Gasteiger charge is 2.12. The van der Waals surface area contributed by atoms with Crippen molar-refractivity contribution in [3.63, 3.8) is 0 Å². The molecule has 1 atom stereocenters. The van der Waals surface area contributed by atoms with Crippen LogP contribution >= 0.6 is 0 Å². The minimum absolute atomic E-state index is 0.980. The van der Waals surface area contributed by atoms with Gasteiger partial charge in [-0.25, -0.2) is 0 Å². The van der Waals surface area contributed by atoms with E-state index in [1.54, 1.807) is 0 Å². The lowest BCUT2D eigenvalue weighted by Crippen LogP contribution is -2.08. The highest BCUT2D eigenvalue weighted by molar-refractivity contribution is 6.37. The van der Waals surface area contributed by atoms with E-state index in [0.29, 0.717) is 0 Å². The second-order valence-electron chi connectivity index (χ2n) is 3.42. The van der Waals surface area contributed by atoms with Crippen molar-refractivity contribution in [2.45, 2.75) is 57.6 Å². The van der Waals surface area contributed by atoms with E-state index < -0.39 is 0 Å². The van der Waals surface area contributed by atoms with Crippen LogP contribution < -0.4 is 0 Å². The number of hydrogen-bond acceptors (Lipinski definition) is 0. The zero-order chi connectivity index (χ0) is 7.23. The molecule has 0 aromatic heterocycles. The van der Waals surface area contributed by atoms with Gasteiger partial charge >= 0.3 is 0 Å². The first-order chi connectivity index (χ1) is 4.93. The van der Waals surface area contributed by atoms with Crippen LogP contribution in [-0.2, 0) is 0 Å². The van der Waals surface area contributed by atoms with Crippen LogP contribution in [0.1, 0.15) is 45.4 Å².